The minimum absolute atomic E-state index is 0.534. The van der Waals surface area contributed by atoms with E-state index >= 15 is 0 Å². The minimum atomic E-state index is 0.534. The topological polar surface area (TPSA) is 9.23 Å². The molecule has 3 heteroatoms. The second-order valence-corrected chi connectivity index (χ2v) is 4.34. The van der Waals surface area contributed by atoms with Crippen LogP contribution < -0.4 is 4.74 Å². The molecule has 0 bridgehead atoms. The Labute approximate surface area is 98.7 Å². The van der Waals surface area contributed by atoms with Crippen molar-refractivity contribution < 1.29 is 4.74 Å². The first-order chi connectivity index (χ1) is 6.63. The van der Waals surface area contributed by atoms with Gasteiger partial charge in [-0.3, -0.25) is 0 Å². The molecule has 1 nitrogen and oxygen atoms in total. The lowest BCUT2D eigenvalue weighted by Gasteiger charge is -2.09. The summed E-state index contributed by atoms with van der Waals surface area (Å²) in [5.74, 6) is 1.56. The highest BCUT2D eigenvalue weighted by Crippen LogP contribution is 2.22. The highest BCUT2D eigenvalue weighted by atomic mass is 79.9. The largest absolute Gasteiger partial charge is 0.489 e. The van der Waals surface area contributed by atoms with Gasteiger partial charge in [-0.05, 0) is 36.3 Å². The Bertz CT molecular complexity index is 336. The van der Waals surface area contributed by atoms with Gasteiger partial charge in [-0.2, -0.15) is 12.6 Å². The molecule has 76 valence electrons. The summed E-state index contributed by atoms with van der Waals surface area (Å²) in [6.07, 6.45) is 0. The van der Waals surface area contributed by atoms with E-state index in [0.29, 0.717) is 12.4 Å². The van der Waals surface area contributed by atoms with Crippen LogP contribution in [-0.2, 0) is 0 Å². The minimum Gasteiger partial charge on any atom is -0.489 e. The molecule has 0 radical (unpaired) electrons. The number of ether oxygens (including phenoxy) is 1. The summed E-state index contributed by atoms with van der Waals surface area (Å²) in [6, 6.07) is 5.94. The van der Waals surface area contributed by atoms with E-state index in [-0.39, 0.29) is 0 Å². The lowest BCUT2D eigenvalue weighted by molar-refractivity contribution is 0.351. The first-order valence-corrected chi connectivity index (χ1v) is 5.72. The Morgan fingerprint density at radius 1 is 1.57 bits per heavy atom. The molecule has 1 rings (SSSR count). The third kappa shape index (κ3) is 3.39. The lowest BCUT2D eigenvalue weighted by atomic mass is 10.2. The molecule has 0 N–H and O–H groups in total. The molecule has 0 spiro atoms. The zero-order valence-electron chi connectivity index (χ0n) is 8.09. The van der Waals surface area contributed by atoms with Crippen molar-refractivity contribution in [3.05, 3.63) is 40.4 Å². The molecule has 0 unspecified atom stereocenters. The molecule has 0 atom stereocenters. The molecular formula is C11H13BrOS. The maximum Gasteiger partial charge on any atom is 0.122 e. The fourth-order valence-electron chi connectivity index (χ4n) is 1.00. The monoisotopic (exact) mass is 272 g/mol. The summed E-state index contributed by atoms with van der Waals surface area (Å²) in [5.41, 5.74) is 2.10. The number of hydrogen-bond donors (Lipinski definition) is 1. The summed E-state index contributed by atoms with van der Waals surface area (Å²) in [4.78, 5) is 0. The molecule has 1 aromatic carbocycles. The van der Waals surface area contributed by atoms with Gasteiger partial charge in [-0.1, -0.05) is 22.5 Å². The molecule has 0 aliphatic rings. The molecule has 0 heterocycles. The van der Waals surface area contributed by atoms with Crippen LogP contribution in [0.3, 0.4) is 0 Å². The van der Waals surface area contributed by atoms with Crippen LogP contribution in [0.4, 0.5) is 0 Å². The van der Waals surface area contributed by atoms with Gasteiger partial charge in [0.05, 0.1) is 0 Å². The van der Waals surface area contributed by atoms with Crippen molar-refractivity contribution in [2.45, 2.75) is 6.92 Å². The zero-order chi connectivity index (χ0) is 10.6. The standard InChI is InChI=1S/C11H13BrOS/c1-8(7-14)6-13-11-4-3-10(12)5-9(11)2/h3-5,14H,1,6-7H2,2H3. The number of hydrogen-bond acceptors (Lipinski definition) is 2. The number of thiol groups is 1. The van der Waals surface area contributed by atoms with Crippen LogP contribution in [-0.4, -0.2) is 12.4 Å². The SMILES string of the molecule is C=C(CS)COc1ccc(Br)cc1C. The van der Waals surface area contributed by atoms with Crippen LogP contribution in [0, 0.1) is 6.92 Å². The quantitative estimate of drug-likeness (QED) is 0.651. The van der Waals surface area contributed by atoms with Gasteiger partial charge in [0.2, 0.25) is 0 Å². The second-order valence-electron chi connectivity index (χ2n) is 3.11. The van der Waals surface area contributed by atoms with Gasteiger partial charge in [-0.25, -0.2) is 0 Å². The van der Waals surface area contributed by atoms with Crippen LogP contribution in [0.1, 0.15) is 5.56 Å². The Morgan fingerprint density at radius 3 is 2.86 bits per heavy atom. The van der Waals surface area contributed by atoms with Crippen LogP contribution in [0.5, 0.6) is 5.75 Å². The molecule has 0 aliphatic carbocycles. The molecule has 0 fully saturated rings. The number of halogens is 1. The van der Waals surface area contributed by atoms with Gasteiger partial charge in [-0.15, -0.1) is 0 Å². The van der Waals surface area contributed by atoms with E-state index < -0.39 is 0 Å². The fraction of sp³-hybridized carbons (Fsp3) is 0.273. The summed E-state index contributed by atoms with van der Waals surface area (Å²) in [6.45, 7) is 6.38. The van der Waals surface area contributed by atoms with E-state index in [9.17, 15) is 0 Å². The molecule has 0 saturated carbocycles. The molecule has 14 heavy (non-hydrogen) atoms. The number of rotatable bonds is 4. The molecule has 0 amide bonds. The Morgan fingerprint density at radius 2 is 2.29 bits per heavy atom. The van der Waals surface area contributed by atoms with Gasteiger partial charge in [0.15, 0.2) is 0 Å². The first kappa shape index (κ1) is 11.7. The smallest absolute Gasteiger partial charge is 0.122 e. The molecular weight excluding hydrogens is 260 g/mol. The lowest BCUT2D eigenvalue weighted by Crippen LogP contribution is -2.02. The maximum atomic E-state index is 5.58. The third-order valence-corrected chi connectivity index (χ3v) is 2.73. The third-order valence-electron chi connectivity index (χ3n) is 1.79. The highest BCUT2D eigenvalue weighted by molar-refractivity contribution is 9.10. The van der Waals surface area contributed by atoms with Crippen molar-refractivity contribution in [1.82, 2.24) is 0 Å². The number of benzene rings is 1. The zero-order valence-corrected chi connectivity index (χ0v) is 10.6. The summed E-state index contributed by atoms with van der Waals surface area (Å²) >= 11 is 7.52. The summed E-state index contributed by atoms with van der Waals surface area (Å²) in [5, 5.41) is 0. The van der Waals surface area contributed by atoms with Gasteiger partial charge < -0.3 is 4.74 Å². The predicted octanol–water partition coefficient (Wildman–Crippen LogP) is 3.62. The van der Waals surface area contributed by atoms with E-state index in [0.717, 1.165) is 21.4 Å². The average Bonchev–Trinajstić information content (AvgIpc) is 2.16. The van der Waals surface area contributed by atoms with E-state index in [4.69, 9.17) is 4.74 Å². The molecule has 0 aliphatic heterocycles. The van der Waals surface area contributed by atoms with Crippen molar-refractivity contribution in [2.24, 2.45) is 0 Å². The van der Waals surface area contributed by atoms with Crippen LogP contribution in [0.2, 0.25) is 0 Å². The number of aryl methyl sites for hydroxylation is 1. The van der Waals surface area contributed by atoms with E-state index in [2.05, 4.69) is 35.1 Å². The van der Waals surface area contributed by atoms with Gasteiger partial charge in [0, 0.05) is 10.2 Å². The van der Waals surface area contributed by atoms with Crippen LogP contribution >= 0.6 is 28.6 Å². The summed E-state index contributed by atoms with van der Waals surface area (Å²) < 4.78 is 6.64. The Balaban J connectivity index is 2.63. The van der Waals surface area contributed by atoms with Gasteiger partial charge in [0.25, 0.3) is 0 Å². The van der Waals surface area contributed by atoms with E-state index in [1.807, 2.05) is 25.1 Å². The van der Waals surface area contributed by atoms with Gasteiger partial charge >= 0.3 is 0 Å². The molecule has 0 saturated heterocycles. The normalized spacial score (nSPS) is 9.93. The summed E-state index contributed by atoms with van der Waals surface area (Å²) in [7, 11) is 0. The molecule has 1 aromatic rings. The van der Waals surface area contributed by atoms with Crippen molar-refractivity contribution in [3.63, 3.8) is 0 Å². The molecule has 0 aromatic heterocycles. The van der Waals surface area contributed by atoms with Crippen molar-refractivity contribution in [1.29, 1.82) is 0 Å². The van der Waals surface area contributed by atoms with Gasteiger partial charge in [0.1, 0.15) is 12.4 Å². The Hall–Kier alpha value is -0.410. The van der Waals surface area contributed by atoms with E-state index in [1.165, 1.54) is 0 Å². The van der Waals surface area contributed by atoms with Crippen molar-refractivity contribution in [3.8, 4) is 5.75 Å². The highest BCUT2D eigenvalue weighted by Gasteiger charge is 2.00. The van der Waals surface area contributed by atoms with Crippen molar-refractivity contribution >= 4 is 28.6 Å². The van der Waals surface area contributed by atoms with Crippen LogP contribution in [0.25, 0.3) is 0 Å². The average molecular weight is 273 g/mol. The maximum absolute atomic E-state index is 5.58. The first-order valence-electron chi connectivity index (χ1n) is 4.30. The second kappa shape index (κ2) is 5.47. The van der Waals surface area contributed by atoms with Crippen molar-refractivity contribution in [2.75, 3.05) is 12.4 Å². The van der Waals surface area contributed by atoms with Crippen LogP contribution in [0.15, 0.2) is 34.8 Å². The fourth-order valence-corrected chi connectivity index (χ4v) is 1.57. The van der Waals surface area contributed by atoms with E-state index in [1.54, 1.807) is 0 Å². The predicted molar refractivity (Wildman–Crippen MR) is 67.4 cm³/mol. The Kier molecular flexibility index (Phi) is 4.55.